The van der Waals surface area contributed by atoms with E-state index in [-0.39, 0.29) is 0 Å². The molecular weight excluding hydrogens is 169 g/mol. The van der Waals surface area contributed by atoms with Gasteiger partial charge in [-0.1, -0.05) is 0 Å². The third kappa shape index (κ3) is 1.10. The van der Waals surface area contributed by atoms with Crippen LogP contribution in [0.4, 0.5) is 0 Å². The van der Waals surface area contributed by atoms with Crippen molar-refractivity contribution in [3.8, 4) is 0 Å². The molecule has 0 aliphatic rings. The molecule has 0 saturated carbocycles. The van der Waals surface area contributed by atoms with Crippen LogP contribution in [0.15, 0.2) is 23.4 Å². The maximum Gasteiger partial charge on any atom is 0.152 e. The Bertz CT molecular complexity index is 412. The summed E-state index contributed by atoms with van der Waals surface area (Å²) in [5.74, 6) is 0. The van der Waals surface area contributed by atoms with Crippen LogP contribution in [-0.4, -0.2) is 28.7 Å². The lowest BCUT2D eigenvalue weighted by molar-refractivity contribution is 0.877. The summed E-state index contributed by atoms with van der Waals surface area (Å²) >= 11 is 1.58. The number of imidazole rings is 1. The van der Waals surface area contributed by atoms with E-state index in [9.17, 15) is 0 Å². The zero-order valence-electron chi connectivity index (χ0n) is 6.56. The summed E-state index contributed by atoms with van der Waals surface area (Å²) in [7, 11) is 5.63. The third-order valence-corrected chi connectivity index (χ3v) is 2.21. The molecule has 2 radical (unpaired) electrons. The largest absolute Gasteiger partial charge is 0.236 e. The summed E-state index contributed by atoms with van der Waals surface area (Å²) in [6, 6.07) is 3.82. The molecule has 0 saturated heterocycles. The second-order valence-corrected chi connectivity index (χ2v) is 3.16. The summed E-state index contributed by atoms with van der Waals surface area (Å²) in [6.45, 7) is 0. The summed E-state index contributed by atoms with van der Waals surface area (Å²) < 4.78 is 1.63. The van der Waals surface area contributed by atoms with Crippen molar-refractivity contribution < 1.29 is 0 Å². The lowest BCUT2D eigenvalue weighted by atomic mass is 10.1. The van der Waals surface area contributed by atoms with Gasteiger partial charge in [0.15, 0.2) is 5.65 Å². The second kappa shape index (κ2) is 2.82. The number of hydrogen-bond acceptors (Lipinski definition) is 3. The Labute approximate surface area is 75.6 Å². The highest BCUT2D eigenvalue weighted by molar-refractivity contribution is 7.98. The summed E-state index contributed by atoms with van der Waals surface area (Å²) in [5.41, 5.74) is 1.35. The first kappa shape index (κ1) is 7.67. The Morgan fingerprint density at radius 2 is 2.33 bits per heavy atom. The van der Waals surface area contributed by atoms with E-state index in [2.05, 4.69) is 10.1 Å². The SMILES string of the molecule is [B]c1cnc2ccc(SC)nn12. The molecule has 0 amide bonds. The highest BCUT2D eigenvalue weighted by Gasteiger charge is 1.99. The van der Waals surface area contributed by atoms with Gasteiger partial charge in [0.2, 0.25) is 0 Å². The first-order valence-corrected chi connectivity index (χ1v) is 4.68. The number of thioether (sulfide) groups is 1. The Balaban J connectivity index is 2.71. The Morgan fingerprint density at radius 1 is 1.50 bits per heavy atom. The smallest absolute Gasteiger partial charge is 0.152 e. The molecule has 58 valence electrons. The minimum Gasteiger partial charge on any atom is -0.236 e. The molecule has 2 heterocycles. The van der Waals surface area contributed by atoms with Gasteiger partial charge in [-0.2, -0.15) is 5.10 Å². The molecule has 2 rings (SSSR count). The van der Waals surface area contributed by atoms with Crippen LogP contribution in [0.25, 0.3) is 5.65 Å². The van der Waals surface area contributed by atoms with Crippen molar-refractivity contribution in [1.82, 2.24) is 14.6 Å². The highest BCUT2D eigenvalue weighted by Crippen LogP contribution is 2.09. The number of fused-ring (bicyclic) bond motifs is 1. The third-order valence-electron chi connectivity index (χ3n) is 1.57. The van der Waals surface area contributed by atoms with Gasteiger partial charge in [-0.15, -0.1) is 11.8 Å². The van der Waals surface area contributed by atoms with E-state index in [1.54, 1.807) is 22.5 Å². The van der Waals surface area contributed by atoms with Gasteiger partial charge < -0.3 is 0 Å². The van der Waals surface area contributed by atoms with Gasteiger partial charge in [-0.3, -0.25) is 0 Å². The quantitative estimate of drug-likeness (QED) is 0.459. The van der Waals surface area contributed by atoms with Crippen molar-refractivity contribution in [3.63, 3.8) is 0 Å². The zero-order valence-corrected chi connectivity index (χ0v) is 7.38. The molecule has 5 heteroatoms. The lowest BCUT2D eigenvalue weighted by Crippen LogP contribution is -2.12. The Hall–Kier alpha value is -0.965. The monoisotopic (exact) mass is 175 g/mol. The van der Waals surface area contributed by atoms with Crippen molar-refractivity contribution in [2.45, 2.75) is 5.03 Å². The minimum atomic E-state index is 0.570. The van der Waals surface area contributed by atoms with Crippen molar-refractivity contribution in [2.75, 3.05) is 6.26 Å². The second-order valence-electron chi connectivity index (χ2n) is 2.33. The topological polar surface area (TPSA) is 30.2 Å². The van der Waals surface area contributed by atoms with E-state index in [0.717, 1.165) is 10.7 Å². The summed E-state index contributed by atoms with van der Waals surface area (Å²) in [6.07, 6.45) is 3.58. The fraction of sp³-hybridized carbons (Fsp3) is 0.143. The van der Waals surface area contributed by atoms with Gasteiger partial charge in [0.05, 0.1) is 0 Å². The Morgan fingerprint density at radius 3 is 3.08 bits per heavy atom. The molecule has 3 nitrogen and oxygen atoms in total. The van der Waals surface area contributed by atoms with Crippen LogP contribution in [0.3, 0.4) is 0 Å². The number of aromatic nitrogens is 3. The average Bonchev–Trinajstić information content (AvgIpc) is 2.47. The van der Waals surface area contributed by atoms with E-state index in [1.165, 1.54) is 0 Å². The molecule has 2 aromatic rings. The van der Waals surface area contributed by atoms with Crippen LogP contribution in [0.1, 0.15) is 0 Å². The first-order valence-electron chi connectivity index (χ1n) is 3.45. The van der Waals surface area contributed by atoms with Gasteiger partial charge in [-0.25, -0.2) is 9.50 Å². The number of rotatable bonds is 1. The van der Waals surface area contributed by atoms with Crippen LogP contribution in [0.2, 0.25) is 0 Å². The predicted octanol–water partition coefficient (Wildman–Crippen LogP) is 0.245. The molecule has 0 unspecified atom stereocenters. The fourth-order valence-corrected chi connectivity index (χ4v) is 1.35. The van der Waals surface area contributed by atoms with Crippen LogP contribution in [0, 0.1) is 0 Å². The molecular formula is C7H6BN3S. The van der Waals surface area contributed by atoms with Crippen LogP contribution < -0.4 is 5.59 Å². The Kier molecular flexibility index (Phi) is 1.80. The maximum absolute atomic E-state index is 5.63. The van der Waals surface area contributed by atoms with E-state index >= 15 is 0 Å². The highest BCUT2D eigenvalue weighted by atomic mass is 32.2. The molecule has 0 atom stereocenters. The van der Waals surface area contributed by atoms with Crippen molar-refractivity contribution >= 4 is 30.8 Å². The molecule has 0 bridgehead atoms. The van der Waals surface area contributed by atoms with Gasteiger partial charge in [0.25, 0.3) is 0 Å². The fourth-order valence-electron chi connectivity index (χ4n) is 0.983. The summed E-state index contributed by atoms with van der Waals surface area (Å²) in [5, 5.41) is 5.18. The number of nitrogens with zero attached hydrogens (tertiary/aromatic N) is 3. The molecule has 0 fully saturated rings. The van der Waals surface area contributed by atoms with Gasteiger partial charge in [0, 0.05) is 11.8 Å². The zero-order chi connectivity index (χ0) is 8.55. The average molecular weight is 175 g/mol. The molecule has 0 aliphatic carbocycles. The standard InChI is InChI=1S/C7H6BN3S/c1-12-7-3-2-6-9-4-5(8)11(6)10-7/h2-4H,1H3. The van der Waals surface area contributed by atoms with Crippen molar-refractivity contribution in [3.05, 3.63) is 18.3 Å². The van der Waals surface area contributed by atoms with E-state index in [0.29, 0.717) is 5.59 Å². The van der Waals surface area contributed by atoms with Crippen LogP contribution in [-0.2, 0) is 0 Å². The molecule has 12 heavy (non-hydrogen) atoms. The van der Waals surface area contributed by atoms with Crippen molar-refractivity contribution in [1.29, 1.82) is 0 Å². The maximum atomic E-state index is 5.63. The van der Waals surface area contributed by atoms with Crippen LogP contribution >= 0.6 is 11.8 Å². The van der Waals surface area contributed by atoms with Crippen LogP contribution in [0.5, 0.6) is 0 Å². The minimum absolute atomic E-state index is 0.570. The lowest BCUT2D eigenvalue weighted by Gasteiger charge is -1.97. The molecule has 2 aromatic heterocycles. The molecule has 0 aliphatic heterocycles. The molecule has 0 N–H and O–H groups in total. The first-order chi connectivity index (χ1) is 5.81. The van der Waals surface area contributed by atoms with Crippen molar-refractivity contribution in [2.24, 2.45) is 0 Å². The van der Waals surface area contributed by atoms with Gasteiger partial charge in [-0.05, 0) is 18.4 Å². The normalized spacial score (nSPS) is 10.8. The van der Waals surface area contributed by atoms with E-state index in [1.807, 2.05) is 18.4 Å². The summed E-state index contributed by atoms with van der Waals surface area (Å²) in [4.78, 5) is 4.06. The molecule has 0 aromatic carbocycles. The van der Waals surface area contributed by atoms with Gasteiger partial charge in [0.1, 0.15) is 12.9 Å². The molecule has 0 spiro atoms. The predicted molar refractivity (Wildman–Crippen MR) is 50.2 cm³/mol. The van der Waals surface area contributed by atoms with Gasteiger partial charge >= 0.3 is 0 Å². The van der Waals surface area contributed by atoms with E-state index < -0.39 is 0 Å². The number of hydrogen-bond donors (Lipinski definition) is 0. The van der Waals surface area contributed by atoms with E-state index in [4.69, 9.17) is 7.85 Å².